The highest BCUT2D eigenvalue weighted by Crippen LogP contribution is 2.13. The summed E-state index contributed by atoms with van der Waals surface area (Å²) in [6, 6.07) is 1.42. The zero-order valence-electron chi connectivity index (χ0n) is 5.52. The van der Waals surface area contributed by atoms with E-state index >= 15 is 0 Å². The second-order valence-electron chi connectivity index (χ2n) is 2.11. The standard InChI is InChI=1S/C6H5N4O/c7-4-3-8-10-2-1-5(11)9-6(4)10/h1-3,7H,(H,9,11). The first kappa shape index (κ1) is 5.96. The van der Waals surface area contributed by atoms with Gasteiger partial charge < -0.3 is 5.11 Å². The molecule has 2 aromatic heterocycles. The van der Waals surface area contributed by atoms with Gasteiger partial charge in [-0.25, -0.2) is 4.52 Å². The molecule has 0 saturated carbocycles. The molecule has 5 heteroatoms. The third-order valence-corrected chi connectivity index (χ3v) is 1.35. The van der Waals surface area contributed by atoms with Crippen LogP contribution >= 0.6 is 0 Å². The van der Waals surface area contributed by atoms with E-state index in [1.165, 1.54) is 16.8 Å². The molecule has 0 spiro atoms. The predicted molar refractivity (Wildman–Crippen MR) is 37.4 cm³/mol. The first-order valence-corrected chi connectivity index (χ1v) is 3.02. The van der Waals surface area contributed by atoms with Crippen molar-refractivity contribution in [3.63, 3.8) is 0 Å². The molecule has 55 valence electrons. The van der Waals surface area contributed by atoms with E-state index in [-0.39, 0.29) is 11.6 Å². The Morgan fingerprint density at radius 2 is 2.36 bits per heavy atom. The van der Waals surface area contributed by atoms with Crippen LogP contribution in [0.4, 0.5) is 5.69 Å². The van der Waals surface area contributed by atoms with Gasteiger partial charge in [0.1, 0.15) is 5.69 Å². The minimum absolute atomic E-state index is 0.0912. The van der Waals surface area contributed by atoms with Gasteiger partial charge in [0.05, 0.1) is 6.20 Å². The Hall–Kier alpha value is -1.78. The largest absolute Gasteiger partial charge is 0.493 e. The third kappa shape index (κ3) is 0.778. The van der Waals surface area contributed by atoms with Crippen molar-refractivity contribution in [3.05, 3.63) is 18.5 Å². The van der Waals surface area contributed by atoms with Gasteiger partial charge in [0.2, 0.25) is 5.88 Å². The molecule has 2 heterocycles. The van der Waals surface area contributed by atoms with Crippen molar-refractivity contribution >= 4 is 11.3 Å². The summed E-state index contributed by atoms with van der Waals surface area (Å²) in [6.07, 6.45) is 2.93. The van der Waals surface area contributed by atoms with Crippen LogP contribution in [-0.4, -0.2) is 19.7 Å². The predicted octanol–water partition coefficient (Wildman–Crippen LogP) is 0.349. The monoisotopic (exact) mass is 149 g/mol. The van der Waals surface area contributed by atoms with Crippen LogP contribution in [0.1, 0.15) is 0 Å². The lowest BCUT2D eigenvalue weighted by Gasteiger charge is -1.92. The number of nitrogens with one attached hydrogen (secondary N) is 1. The maximum atomic E-state index is 8.94. The Kier molecular flexibility index (Phi) is 1.00. The summed E-state index contributed by atoms with van der Waals surface area (Å²) in [5, 5.41) is 12.8. The van der Waals surface area contributed by atoms with Gasteiger partial charge in [0, 0.05) is 12.3 Å². The van der Waals surface area contributed by atoms with Gasteiger partial charge in [0.25, 0.3) is 0 Å². The van der Waals surface area contributed by atoms with E-state index in [2.05, 4.69) is 10.1 Å². The van der Waals surface area contributed by atoms with Crippen LogP contribution in [-0.2, 0) is 0 Å². The lowest BCUT2D eigenvalue weighted by atomic mass is 10.5. The summed E-state index contributed by atoms with van der Waals surface area (Å²) in [7, 11) is 0. The van der Waals surface area contributed by atoms with E-state index in [9.17, 15) is 0 Å². The van der Waals surface area contributed by atoms with Gasteiger partial charge in [0.15, 0.2) is 5.65 Å². The Morgan fingerprint density at radius 1 is 1.55 bits per heavy atom. The highest BCUT2D eigenvalue weighted by Gasteiger charge is 2.01. The van der Waals surface area contributed by atoms with Gasteiger partial charge in [-0.2, -0.15) is 10.1 Å². The van der Waals surface area contributed by atoms with Crippen LogP contribution in [0.5, 0.6) is 5.88 Å². The SMILES string of the molecule is [NH]c1cnn2ccc(O)nc12. The quantitative estimate of drug-likeness (QED) is 0.587. The minimum Gasteiger partial charge on any atom is -0.493 e. The van der Waals surface area contributed by atoms with Crippen LogP contribution in [0.25, 0.3) is 5.65 Å². The lowest BCUT2D eigenvalue weighted by molar-refractivity contribution is 0.453. The van der Waals surface area contributed by atoms with Crippen molar-refractivity contribution < 1.29 is 5.11 Å². The summed E-state index contributed by atoms with van der Waals surface area (Å²) in [5.74, 6) is -0.0912. The molecule has 2 rings (SSSR count). The van der Waals surface area contributed by atoms with Crippen LogP contribution in [0, 0.1) is 0 Å². The Bertz CT molecular complexity index is 394. The fourth-order valence-corrected chi connectivity index (χ4v) is 0.859. The molecule has 2 N–H and O–H groups in total. The molecule has 0 bridgehead atoms. The van der Waals surface area contributed by atoms with Crippen molar-refractivity contribution in [1.82, 2.24) is 20.3 Å². The Balaban J connectivity index is 2.87. The highest BCUT2D eigenvalue weighted by atomic mass is 16.3. The van der Waals surface area contributed by atoms with Crippen molar-refractivity contribution in [1.29, 1.82) is 0 Å². The molecule has 0 saturated heterocycles. The van der Waals surface area contributed by atoms with Gasteiger partial charge in [-0.1, -0.05) is 0 Å². The lowest BCUT2D eigenvalue weighted by Crippen LogP contribution is -1.87. The van der Waals surface area contributed by atoms with Crippen LogP contribution in [0.15, 0.2) is 18.5 Å². The zero-order chi connectivity index (χ0) is 7.84. The van der Waals surface area contributed by atoms with E-state index < -0.39 is 0 Å². The normalized spacial score (nSPS) is 10.5. The van der Waals surface area contributed by atoms with Crippen molar-refractivity contribution in [2.75, 3.05) is 0 Å². The smallest absolute Gasteiger partial charge is 0.214 e. The number of nitrogens with zero attached hydrogens (tertiary/aromatic N) is 3. The van der Waals surface area contributed by atoms with Crippen molar-refractivity contribution in [3.8, 4) is 5.88 Å². The Morgan fingerprint density at radius 3 is 3.18 bits per heavy atom. The molecule has 0 aliphatic heterocycles. The molecule has 5 nitrogen and oxygen atoms in total. The fourth-order valence-electron chi connectivity index (χ4n) is 0.859. The first-order chi connectivity index (χ1) is 5.27. The highest BCUT2D eigenvalue weighted by molar-refractivity contribution is 5.60. The van der Waals surface area contributed by atoms with Crippen LogP contribution in [0.3, 0.4) is 0 Å². The average Bonchev–Trinajstić information content (AvgIpc) is 2.33. The summed E-state index contributed by atoms with van der Waals surface area (Å²) in [5.41, 5.74) is 7.86. The molecule has 0 unspecified atom stereocenters. The van der Waals surface area contributed by atoms with E-state index in [4.69, 9.17) is 10.8 Å². The van der Waals surface area contributed by atoms with Gasteiger partial charge in [-0.05, 0) is 0 Å². The number of fused-ring (bicyclic) bond motifs is 1. The summed E-state index contributed by atoms with van der Waals surface area (Å²) >= 11 is 0. The molecule has 0 aromatic carbocycles. The fraction of sp³-hybridized carbons (Fsp3) is 0. The van der Waals surface area contributed by atoms with E-state index in [1.54, 1.807) is 6.20 Å². The number of hydrogen-bond donors (Lipinski definition) is 1. The van der Waals surface area contributed by atoms with Gasteiger partial charge in [-0.15, -0.1) is 0 Å². The van der Waals surface area contributed by atoms with Gasteiger partial charge >= 0.3 is 0 Å². The molecule has 0 aliphatic carbocycles. The minimum atomic E-state index is -0.0912. The summed E-state index contributed by atoms with van der Waals surface area (Å²) in [4.78, 5) is 3.70. The molecule has 0 atom stereocenters. The molecule has 1 radical (unpaired) electrons. The molecular formula is C6H5N4O. The van der Waals surface area contributed by atoms with Gasteiger partial charge in [-0.3, -0.25) is 5.73 Å². The molecule has 0 fully saturated rings. The molecule has 0 aliphatic rings. The number of aromatic nitrogens is 3. The van der Waals surface area contributed by atoms with E-state index in [0.29, 0.717) is 5.65 Å². The molecule has 0 amide bonds. The summed E-state index contributed by atoms with van der Waals surface area (Å²) < 4.78 is 1.43. The number of hydrogen-bond acceptors (Lipinski definition) is 3. The first-order valence-electron chi connectivity index (χ1n) is 3.02. The maximum absolute atomic E-state index is 8.94. The molecule has 2 aromatic rings. The zero-order valence-corrected chi connectivity index (χ0v) is 5.52. The van der Waals surface area contributed by atoms with Crippen LogP contribution in [0.2, 0.25) is 0 Å². The third-order valence-electron chi connectivity index (χ3n) is 1.35. The van der Waals surface area contributed by atoms with E-state index in [1.807, 2.05) is 0 Å². The van der Waals surface area contributed by atoms with Crippen molar-refractivity contribution in [2.24, 2.45) is 0 Å². The van der Waals surface area contributed by atoms with E-state index in [0.717, 1.165) is 0 Å². The Labute approximate surface area is 62.1 Å². The second kappa shape index (κ2) is 1.85. The topological polar surface area (TPSA) is 74.2 Å². The average molecular weight is 149 g/mol. The van der Waals surface area contributed by atoms with Crippen LogP contribution < -0.4 is 5.73 Å². The maximum Gasteiger partial charge on any atom is 0.214 e. The second-order valence-corrected chi connectivity index (χ2v) is 2.11. The van der Waals surface area contributed by atoms with Crippen molar-refractivity contribution in [2.45, 2.75) is 0 Å². The number of rotatable bonds is 0. The molecule has 11 heavy (non-hydrogen) atoms. The number of aromatic hydroxyl groups is 1. The molecular weight excluding hydrogens is 144 g/mol. The summed E-state index contributed by atoms with van der Waals surface area (Å²) in [6.45, 7) is 0.